The third-order valence-electron chi connectivity index (χ3n) is 4.31. The molecule has 0 radical (unpaired) electrons. The molecule has 1 aromatic carbocycles. The largest absolute Gasteiger partial charge is 0.329 e. The van der Waals surface area contributed by atoms with Gasteiger partial charge in [-0.2, -0.15) is 0 Å². The molecule has 0 bridgehead atoms. The molecular formula is C17H17ClFN3O. The molecule has 1 unspecified atom stereocenters. The number of aryl methyl sites for hydroxylation is 1. The van der Waals surface area contributed by atoms with E-state index in [0.29, 0.717) is 12.0 Å². The lowest BCUT2D eigenvalue weighted by molar-refractivity contribution is 0.0724. The van der Waals surface area contributed by atoms with Crippen molar-refractivity contribution in [2.45, 2.75) is 26.3 Å². The van der Waals surface area contributed by atoms with E-state index < -0.39 is 6.67 Å². The third kappa shape index (κ3) is 2.81. The normalized spacial score (nSPS) is 16.8. The van der Waals surface area contributed by atoms with Crippen LogP contribution in [0.5, 0.6) is 0 Å². The number of benzene rings is 1. The minimum atomic E-state index is -0.542. The van der Waals surface area contributed by atoms with Crippen LogP contribution in [0.4, 0.5) is 4.39 Å². The van der Waals surface area contributed by atoms with Crippen LogP contribution in [-0.4, -0.2) is 34.0 Å². The first-order valence-electron chi connectivity index (χ1n) is 7.49. The number of carbonyl (C=O) groups excluding carboxylic acids is 1. The third-order valence-corrected chi connectivity index (χ3v) is 4.49. The maximum atomic E-state index is 12.7. The Hall–Kier alpha value is -2.01. The molecule has 1 amide bonds. The smallest absolute Gasteiger partial charge is 0.255 e. The zero-order valence-corrected chi connectivity index (χ0v) is 13.8. The molecule has 23 heavy (non-hydrogen) atoms. The van der Waals surface area contributed by atoms with Gasteiger partial charge in [0.25, 0.3) is 5.91 Å². The van der Waals surface area contributed by atoms with Crippen molar-refractivity contribution >= 4 is 17.5 Å². The molecule has 0 N–H and O–H groups in total. The molecule has 3 rings (SSSR count). The van der Waals surface area contributed by atoms with Crippen molar-refractivity contribution in [1.82, 2.24) is 14.9 Å². The maximum Gasteiger partial charge on any atom is 0.255 e. The molecule has 1 aliphatic rings. The molecule has 6 heteroatoms. The lowest BCUT2D eigenvalue weighted by Gasteiger charge is -2.20. The van der Waals surface area contributed by atoms with Crippen molar-refractivity contribution in [3.63, 3.8) is 0 Å². The van der Waals surface area contributed by atoms with Crippen LogP contribution in [0, 0.1) is 6.92 Å². The molecule has 1 aromatic heterocycles. The van der Waals surface area contributed by atoms with Gasteiger partial charge in [0, 0.05) is 24.7 Å². The van der Waals surface area contributed by atoms with Gasteiger partial charge in [-0.3, -0.25) is 4.79 Å². The van der Waals surface area contributed by atoms with E-state index in [1.54, 1.807) is 11.1 Å². The Bertz CT molecular complexity index is 765. The number of hydrogen-bond acceptors (Lipinski definition) is 3. The fraction of sp³-hybridized carbons (Fsp3) is 0.353. The molecular weight excluding hydrogens is 317 g/mol. The number of nitrogens with zero attached hydrogens (tertiary/aromatic N) is 3. The van der Waals surface area contributed by atoms with Crippen molar-refractivity contribution in [3.05, 3.63) is 57.6 Å². The Morgan fingerprint density at radius 3 is 2.91 bits per heavy atom. The van der Waals surface area contributed by atoms with Gasteiger partial charge < -0.3 is 4.90 Å². The molecule has 2 aromatic rings. The quantitative estimate of drug-likeness (QED) is 0.804. The van der Waals surface area contributed by atoms with Crippen LogP contribution in [0.15, 0.2) is 24.4 Å². The van der Waals surface area contributed by atoms with Crippen LogP contribution in [0.3, 0.4) is 0 Å². The Morgan fingerprint density at radius 1 is 1.39 bits per heavy atom. The fourth-order valence-electron chi connectivity index (χ4n) is 3.06. The number of aromatic nitrogens is 2. The van der Waals surface area contributed by atoms with Crippen molar-refractivity contribution in [2.24, 2.45) is 0 Å². The molecule has 2 heterocycles. The highest BCUT2D eigenvalue weighted by Gasteiger charge is 2.35. The highest BCUT2D eigenvalue weighted by molar-refractivity contribution is 6.28. The summed E-state index contributed by atoms with van der Waals surface area (Å²) in [4.78, 5) is 22.5. The van der Waals surface area contributed by atoms with Gasteiger partial charge in [-0.05, 0) is 42.1 Å². The van der Waals surface area contributed by atoms with Gasteiger partial charge in [0.1, 0.15) is 6.67 Å². The topological polar surface area (TPSA) is 46.1 Å². The van der Waals surface area contributed by atoms with Crippen molar-refractivity contribution < 1.29 is 9.18 Å². The van der Waals surface area contributed by atoms with Crippen molar-refractivity contribution in [1.29, 1.82) is 0 Å². The minimum Gasteiger partial charge on any atom is -0.329 e. The highest BCUT2D eigenvalue weighted by atomic mass is 35.5. The molecule has 0 saturated heterocycles. The zero-order valence-electron chi connectivity index (χ0n) is 13.0. The Labute approximate surface area is 139 Å². The zero-order chi connectivity index (χ0) is 16.6. The van der Waals surface area contributed by atoms with Gasteiger partial charge in [0.2, 0.25) is 5.28 Å². The van der Waals surface area contributed by atoms with Gasteiger partial charge >= 0.3 is 0 Å². The van der Waals surface area contributed by atoms with E-state index in [1.807, 2.05) is 32.0 Å². The number of amides is 1. The number of hydrogen-bond donors (Lipinski definition) is 0. The maximum absolute atomic E-state index is 12.7. The predicted molar refractivity (Wildman–Crippen MR) is 86.5 cm³/mol. The molecule has 0 fully saturated rings. The summed E-state index contributed by atoms with van der Waals surface area (Å²) in [5, 5.41) is 0.192. The lowest BCUT2D eigenvalue weighted by atomic mass is 9.96. The predicted octanol–water partition coefficient (Wildman–Crippen LogP) is 3.52. The van der Waals surface area contributed by atoms with E-state index in [2.05, 4.69) is 9.97 Å². The number of rotatable bonds is 4. The molecule has 120 valence electrons. The SMILES string of the molecule is Cc1cnc(Cl)nc1Cc1cccc2c1C(=O)N(CCF)C2C. The first-order valence-corrected chi connectivity index (χ1v) is 7.87. The Morgan fingerprint density at radius 2 is 2.17 bits per heavy atom. The first kappa shape index (κ1) is 15.9. The molecule has 1 atom stereocenters. The standard InChI is InChI=1S/C17H17ClFN3O/c1-10-9-20-17(18)21-14(10)8-12-4-3-5-13-11(2)22(7-6-19)16(23)15(12)13/h3-5,9,11H,6-8H2,1-2H3. The van der Waals surface area contributed by atoms with Crippen LogP contribution >= 0.6 is 11.6 Å². The van der Waals surface area contributed by atoms with Gasteiger partial charge in [0.05, 0.1) is 11.7 Å². The molecule has 1 aliphatic heterocycles. The fourth-order valence-corrected chi connectivity index (χ4v) is 3.21. The van der Waals surface area contributed by atoms with Crippen LogP contribution in [0.1, 0.15) is 45.7 Å². The number of fused-ring (bicyclic) bond motifs is 1. The summed E-state index contributed by atoms with van der Waals surface area (Å²) in [5.41, 5.74) is 4.22. The van der Waals surface area contributed by atoms with Crippen LogP contribution in [-0.2, 0) is 6.42 Å². The minimum absolute atomic E-state index is 0.108. The molecule has 0 saturated carbocycles. The number of carbonyl (C=O) groups is 1. The second kappa shape index (κ2) is 6.24. The molecule has 0 spiro atoms. The van der Waals surface area contributed by atoms with Gasteiger partial charge in [0.15, 0.2) is 0 Å². The second-order valence-corrected chi connectivity index (χ2v) is 6.03. The summed E-state index contributed by atoms with van der Waals surface area (Å²) < 4.78 is 12.7. The van der Waals surface area contributed by atoms with Crippen LogP contribution in [0.2, 0.25) is 5.28 Å². The number of halogens is 2. The lowest BCUT2D eigenvalue weighted by Crippen LogP contribution is -2.29. The average molecular weight is 334 g/mol. The summed E-state index contributed by atoms with van der Waals surface area (Å²) in [5.74, 6) is -0.112. The summed E-state index contributed by atoms with van der Waals surface area (Å²) in [7, 11) is 0. The summed E-state index contributed by atoms with van der Waals surface area (Å²) in [6.07, 6.45) is 2.17. The molecule has 0 aliphatic carbocycles. The number of alkyl halides is 1. The second-order valence-electron chi connectivity index (χ2n) is 5.69. The van der Waals surface area contributed by atoms with E-state index in [0.717, 1.165) is 22.4 Å². The average Bonchev–Trinajstić information content (AvgIpc) is 2.77. The summed E-state index contributed by atoms with van der Waals surface area (Å²) in [6.45, 7) is 3.41. The summed E-state index contributed by atoms with van der Waals surface area (Å²) >= 11 is 5.88. The monoisotopic (exact) mass is 333 g/mol. The van der Waals surface area contributed by atoms with Gasteiger partial charge in [-0.1, -0.05) is 18.2 Å². The van der Waals surface area contributed by atoms with E-state index in [9.17, 15) is 9.18 Å². The van der Waals surface area contributed by atoms with E-state index in [4.69, 9.17) is 11.6 Å². The van der Waals surface area contributed by atoms with E-state index in [-0.39, 0.29) is 23.8 Å². The van der Waals surface area contributed by atoms with Crippen LogP contribution in [0.25, 0.3) is 0 Å². The van der Waals surface area contributed by atoms with E-state index in [1.165, 1.54) is 0 Å². The highest BCUT2D eigenvalue weighted by Crippen LogP contribution is 2.35. The Balaban J connectivity index is 2.01. The van der Waals surface area contributed by atoms with Crippen LogP contribution < -0.4 is 0 Å². The van der Waals surface area contributed by atoms with Crippen molar-refractivity contribution in [3.8, 4) is 0 Å². The summed E-state index contributed by atoms with van der Waals surface area (Å²) in [6, 6.07) is 5.66. The van der Waals surface area contributed by atoms with Crippen molar-refractivity contribution in [2.75, 3.05) is 13.2 Å². The molecule has 4 nitrogen and oxygen atoms in total. The first-order chi connectivity index (χ1) is 11.0. The van der Waals surface area contributed by atoms with Gasteiger partial charge in [-0.15, -0.1) is 0 Å². The van der Waals surface area contributed by atoms with Gasteiger partial charge in [-0.25, -0.2) is 14.4 Å². The Kier molecular flexibility index (Phi) is 4.31. The van der Waals surface area contributed by atoms with E-state index >= 15 is 0 Å².